The molecule has 7 heteroatoms. The number of nitrogens with two attached hydrogens (primary N) is 1. The lowest BCUT2D eigenvalue weighted by molar-refractivity contribution is -0.127. The van der Waals surface area contributed by atoms with E-state index in [0.29, 0.717) is 18.9 Å². The number of nitrogen functional groups attached to an aromatic ring is 1. The second kappa shape index (κ2) is 10.8. The van der Waals surface area contributed by atoms with E-state index in [2.05, 4.69) is 76.4 Å². The first-order valence-electron chi connectivity index (χ1n) is 13.0. The number of carbonyl (C=O) groups is 1. The van der Waals surface area contributed by atoms with Crippen LogP contribution in [0.5, 0.6) is 0 Å². The molecule has 38 heavy (non-hydrogen) atoms. The summed E-state index contributed by atoms with van der Waals surface area (Å²) in [5, 5.41) is 4.26. The molecule has 0 radical (unpaired) electrons. The molecular formula is C31H32N6O. The van der Waals surface area contributed by atoms with Crippen LogP contribution in [0.2, 0.25) is 0 Å². The van der Waals surface area contributed by atoms with Crippen molar-refractivity contribution >= 4 is 34.1 Å². The maximum atomic E-state index is 12.0. The highest BCUT2D eigenvalue weighted by atomic mass is 16.2. The maximum absolute atomic E-state index is 12.0. The molecule has 0 unspecified atom stereocenters. The lowest BCUT2D eigenvalue weighted by Gasteiger charge is -2.28. The molecule has 1 aliphatic heterocycles. The Hall–Kier alpha value is -4.57. The van der Waals surface area contributed by atoms with Crippen LogP contribution in [0.3, 0.4) is 0 Å². The van der Waals surface area contributed by atoms with Gasteiger partial charge in [-0.25, -0.2) is 9.97 Å². The van der Waals surface area contributed by atoms with Gasteiger partial charge in [0.1, 0.15) is 23.5 Å². The van der Waals surface area contributed by atoms with E-state index in [-0.39, 0.29) is 17.9 Å². The summed E-state index contributed by atoms with van der Waals surface area (Å²) in [4.78, 5) is 22.7. The number of nitrogens with one attached hydrogen (secondary N) is 1. The number of hydrogen-bond donors (Lipinski definition) is 2. The molecule has 1 saturated heterocycles. The lowest BCUT2D eigenvalue weighted by atomic mass is 9.96. The van der Waals surface area contributed by atoms with Crippen LogP contribution < -0.4 is 11.1 Å². The van der Waals surface area contributed by atoms with Gasteiger partial charge in [-0.2, -0.15) is 0 Å². The maximum Gasteiger partial charge on any atom is 0.245 e. The van der Waals surface area contributed by atoms with E-state index in [1.165, 1.54) is 12.4 Å². The van der Waals surface area contributed by atoms with Crippen LogP contribution in [0.15, 0.2) is 73.6 Å². The third kappa shape index (κ3) is 4.98. The predicted molar refractivity (Wildman–Crippen MR) is 154 cm³/mol. The topological polar surface area (TPSA) is 89.1 Å². The summed E-state index contributed by atoms with van der Waals surface area (Å²) in [5.74, 6) is 7.65. The molecule has 5 rings (SSSR count). The van der Waals surface area contributed by atoms with Crippen molar-refractivity contribution in [3.8, 4) is 23.0 Å². The first-order valence-corrected chi connectivity index (χ1v) is 13.0. The van der Waals surface area contributed by atoms with Gasteiger partial charge in [-0.3, -0.25) is 4.79 Å². The average Bonchev–Trinajstić information content (AvgIpc) is 3.28. The average molecular weight is 505 g/mol. The molecule has 3 N–H and O–H groups in total. The number of aromatic nitrogens is 3. The van der Waals surface area contributed by atoms with Crippen LogP contribution in [0.25, 0.3) is 22.2 Å². The molecule has 7 nitrogen and oxygen atoms in total. The molecule has 0 bridgehead atoms. The molecule has 2 aromatic heterocycles. The Morgan fingerprint density at radius 1 is 1.08 bits per heavy atom. The van der Waals surface area contributed by atoms with Crippen LogP contribution in [0, 0.1) is 17.8 Å². The summed E-state index contributed by atoms with van der Waals surface area (Å²) in [7, 11) is 0. The third-order valence-electron chi connectivity index (χ3n) is 6.94. The zero-order chi connectivity index (χ0) is 26.6. The quantitative estimate of drug-likeness (QED) is 0.266. The Bertz CT molecular complexity index is 1520. The molecule has 1 aliphatic rings. The van der Waals surface area contributed by atoms with Gasteiger partial charge in [-0.05, 0) is 68.5 Å². The van der Waals surface area contributed by atoms with Crippen LogP contribution in [0.4, 0.5) is 17.2 Å². The lowest BCUT2D eigenvalue weighted by Crippen LogP contribution is -2.37. The van der Waals surface area contributed by atoms with E-state index in [9.17, 15) is 4.79 Å². The van der Waals surface area contributed by atoms with Gasteiger partial charge in [0, 0.05) is 42.0 Å². The van der Waals surface area contributed by atoms with Crippen molar-refractivity contribution in [3.63, 3.8) is 0 Å². The van der Waals surface area contributed by atoms with E-state index in [4.69, 9.17) is 5.73 Å². The zero-order valence-corrected chi connectivity index (χ0v) is 21.8. The summed E-state index contributed by atoms with van der Waals surface area (Å²) in [5.41, 5.74) is 12.1. The number of rotatable bonds is 5. The summed E-state index contributed by atoms with van der Waals surface area (Å²) in [6, 6.07) is 18.5. The van der Waals surface area contributed by atoms with Gasteiger partial charge in [-0.1, -0.05) is 42.8 Å². The number of benzene rings is 2. The molecule has 0 aliphatic carbocycles. The van der Waals surface area contributed by atoms with E-state index >= 15 is 0 Å². The smallest absolute Gasteiger partial charge is 0.245 e. The standard InChI is InChI=1S/C31H32N6O/c1-4-27(38)36-18-16-22(17-19-36)10-15-26-28(29-30(32)33-20-34-31(29)37(26)21(2)3)23-11-13-25(14-12-23)35-24-8-6-5-7-9-24/h4-9,11-14,20-22,35H,1,16-19H2,2-3H3,(H2,32,33,34). The zero-order valence-electron chi connectivity index (χ0n) is 21.8. The van der Waals surface area contributed by atoms with Gasteiger partial charge in [0.2, 0.25) is 5.91 Å². The fourth-order valence-electron chi connectivity index (χ4n) is 5.02. The number of piperidine rings is 1. The fourth-order valence-corrected chi connectivity index (χ4v) is 5.02. The van der Waals surface area contributed by atoms with Gasteiger partial charge in [-0.15, -0.1) is 0 Å². The van der Waals surface area contributed by atoms with Gasteiger partial charge >= 0.3 is 0 Å². The first-order chi connectivity index (χ1) is 18.5. The van der Waals surface area contributed by atoms with Crippen molar-refractivity contribution in [2.75, 3.05) is 24.1 Å². The number of para-hydroxylation sites is 1. The van der Waals surface area contributed by atoms with Crippen molar-refractivity contribution in [1.29, 1.82) is 0 Å². The molecule has 2 aromatic carbocycles. The molecule has 0 spiro atoms. The summed E-state index contributed by atoms with van der Waals surface area (Å²) in [6.07, 6.45) is 4.57. The van der Waals surface area contributed by atoms with Gasteiger partial charge in [0.25, 0.3) is 0 Å². The molecule has 3 heterocycles. The molecule has 0 atom stereocenters. The van der Waals surface area contributed by atoms with Crippen LogP contribution in [-0.2, 0) is 4.79 Å². The number of anilines is 3. The number of carbonyl (C=O) groups excluding carboxylic acids is 1. The number of hydrogen-bond acceptors (Lipinski definition) is 5. The van der Waals surface area contributed by atoms with E-state index in [0.717, 1.165) is 52.1 Å². The minimum atomic E-state index is -0.0159. The van der Waals surface area contributed by atoms with Crippen LogP contribution in [0.1, 0.15) is 38.4 Å². The minimum Gasteiger partial charge on any atom is -0.383 e. The normalized spacial score (nSPS) is 13.8. The van der Waals surface area contributed by atoms with Gasteiger partial charge < -0.3 is 20.5 Å². The van der Waals surface area contributed by atoms with Crippen LogP contribution in [-0.4, -0.2) is 38.4 Å². The summed E-state index contributed by atoms with van der Waals surface area (Å²) >= 11 is 0. The van der Waals surface area contributed by atoms with Crippen molar-refractivity contribution in [2.45, 2.75) is 32.7 Å². The Morgan fingerprint density at radius 2 is 1.76 bits per heavy atom. The number of likely N-dealkylation sites (tertiary alicyclic amines) is 1. The molecule has 1 fully saturated rings. The third-order valence-corrected chi connectivity index (χ3v) is 6.94. The second-order valence-electron chi connectivity index (χ2n) is 9.79. The second-order valence-corrected chi connectivity index (χ2v) is 9.79. The van der Waals surface area contributed by atoms with Crippen molar-refractivity contribution < 1.29 is 4.79 Å². The number of nitrogens with zero attached hydrogens (tertiary/aromatic N) is 4. The SMILES string of the molecule is C=CC(=O)N1CCC(C#Cc2c(-c3ccc(Nc4ccccc4)cc3)c3c(N)ncnc3n2C(C)C)CC1. The minimum absolute atomic E-state index is 0.0159. The molecular weight excluding hydrogens is 472 g/mol. The monoisotopic (exact) mass is 504 g/mol. The Kier molecular flexibility index (Phi) is 7.14. The van der Waals surface area contributed by atoms with Crippen molar-refractivity contribution in [2.24, 2.45) is 5.92 Å². The Morgan fingerprint density at radius 3 is 2.42 bits per heavy atom. The van der Waals surface area contributed by atoms with E-state index < -0.39 is 0 Å². The number of fused-ring (bicyclic) bond motifs is 1. The summed E-state index contributed by atoms with van der Waals surface area (Å²) in [6.45, 7) is 9.24. The molecule has 4 aromatic rings. The van der Waals surface area contributed by atoms with E-state index in [1.807, 2.05) is 35.2 Å². The van der Waals surface area contributed by atoms with Crippen LogP contribution >= 0.6 is 0 Å². The molecule has 0 saturated carbocycles. The predicted octanol–water partition coefficient (Wildman–Crippen LogP) is 5.78. The highest BCUT2D eigenvalue weighted by Gasteiger charge is 2.24. The Balaban J connectivity index is 1.55. The summed E-state index contributed by atoms with van der Waals surface area (Å²) < 4.78 is 2.15. The highest BCUT2D eigenvalue weighted by molar-refractivity contribution is 6.03. The number of amides is 1. The molecule has 1 amide bonds. The van der Waals surface area contributed by atoms with Gasteiger partial charge in [0.15, 0.2) is 0 Å². The fraction of sp³-hybridized carbons (Fsp3) is 0.258. The molecule has 192 valence electrons. The first kappa shape index (κ1) is 25.1. The van der Waals surface area contributed by atoms with Crippen molar-refractivity contribution in [1.82, 2.24) is 19.4 Å². The Labute approximate surface area is 223 Å². The van der Waals surface area contributed by atoms with Gasteiger partial charge in [0.05, 0.1) is 5.39 Å². The van der Waals surface area contributed by atoms with Crippen molar-refractivity contribution in [3.05, 3.63) is 79.3 Å². The highest BCUT2D eigenvalue weighted by Crippen LogP contribution is 2.38. The van der Waals surface area contributed by atoms with E-state index in [1.54, 1.807) is 0 Å². The largest absolute Gasteiger partial charge is 0.383 e.